The van der Waals surface area contributed by atoms with E-state index in [1.807, 2.05) is 24.3 Å². The Morgan fingerprint density at radius 3 is 2.67 bits per heavy atom. The van der Waals surface area contributed by atoms with Crippen LogP contribution in [0.15, 0.2) is 36.7 Å². The van der Waals surface area contributed by atoms with Crippen molar-refractivity contribution in [1.29, 1.82) is 0 Å². The molecule has 0 aliphatic rings. The summed E-state index contributed by atoms with van der Waals surface area (Å²) in [7, 11) is 0. The molecule has 2 aromatic rings. The summed E-state index contributed by atoms with van der Waals surface area (Å²) in [5.74, 6) is 0.0108. The SMILES string of the molecule is NCc1ccccc1CC(=O)Nc1nccnn1. The van der Waals surface area contributed by atoms with E-state index in [-0.39, 0.29) is 18.3 Å². The van der Waals surface area contributed by atoms with Crippen LogP contribution >= 0.6 is 0 Å². The van der Waals surface area contributed by atoms with Gasteiger partial charge in [0.1, 0.15) is 0 Å². The lowest BCUT2D eigenvalue weighted by molar-refractivity contribution is -0.115. The minimum atomic E-state index is -0.191. The Bertz CT molecular complexity index is 529. The number of carbonyl (C=O) groups excluding carboxylic acids is 1. The minimum Gasteiger partial charge on any atom is -0.326 e. The highest BCUT2D eigenvalue weighted by Gasteiger charge is 2.08. The normalized spacial score (nSPS) is 10.1. The van der Waals surface area contributed by atoms with Gasteiger partial charge >= 0.3 is 0 Å². The van der Waals surface area contributed by atoms with Crippen LogP contribution in [0.1, 0.15) is 11.1 Å². The second-order valence-electron chi connectivity index (χ2n) is 3.66. The van der Waals surface area contributed by atoms with E-state index in [0.29, 0.717) is 6.54 Å². The van der Waals surface area contributed by atoms with Crippen LogP contribution in [0.3, 0.4) is 0 Å². The summed E-state index contributed by atoms with van der Waals surface area (Å²) < 4.78 is 0. The van der Waals surface area contributed by atoms with Gasteiger partial charge in [-0.15, -0.1) is 5.10 Å². The molecule has 0 unspecified atom stereocenters. The molecule has 1 amide bonds. The van der Waals surface area contributed by atoms with E-state index in [0.717, 1.165) is 11.1 Å². The van der Waals surface area contributed by atoms with Crippen LogP contribution in [0, 0.1) is 0 Å². The first-order chi connectivity index (χ1) is 8.79. The Morgan fingerprint density at radius 2 is 2.00 bits per heavy atom. The van der Waals surface area contributed by atoms with Crippen molar-refractivity contribution in [2.45, 2.75) is 13.0 Å². The third kappa shape index (κ3) is 3.08. The summed E-state index contributed by atoms with van der Waals surface area (Å²) in [6.45, 7) is 0.410. The first kappa shape index (κ1) is 12.1. The molecule has 0 aliphatic heterocycles. The van der Waals surface area contributed by atoms with Crippen LogP contribution in [-0.2, 0) is 17.8 Å². The predicted molar refractivity (Wildman–Crippen MR) is 66.5 cm³/mol. The lowest BCUT2D eigenvalue weighted by Gasteiger charge is -2.07. The zero-order chi connectivity index (χ0) is 12.8. The average Bonchev–Trinajstić information content (AvgIpc) is 2.40. The lowest BCUT2D eigenvalue weighted by Crippen LogP contribution is -2.17. The van der Waals surface area contributed by atoms with E-state index in [4.69, 9.17) is 5.73 Å². The molecule has 92 valence electrons. The number of hydrogen-bond donors (Lipinski definition) is 2. The molecule has 0 fully saturated rings. The first-order valence-corrected chi connectivity index (χ1v) is 5.50. The van der Waals surface area contributed by atoms with Gasteiger partial charge in [0.2, 0.25) is 11.9 Å². The molecular weight excluding hydrogens is 230 g/mol. The molecule has 3 N–H and O–H groups in total. The number of nitrogens with one attached hydrogen (secondary N) is 1. The summed E-state index contributed by atoms with van der Waals surface area (Å²) in [4.78, 5) is 15.7. The van der Waals surface area contributed by atoms with Gasteiger partial charge in [0.15, 0.2) is 0 Å². The molecule has 0 bridgehead atoms. The number of anilines is 1. The van der Waals surface area contributed by atoms with Gasteiger partial charge in [0.05, 0.1) is 18.8 Å². The molecule has 18 heavy (non-hydrogen) atoms. The summed E-state index contributed by atoms with van der Waals surface area (Å²) in [5, 5.41) is 9.89. The van der Waals surface area contributed by atoms with Crippen LogP contribution in [0.2, 0.25) is 0 Å². The van der Waals surface area contributed by atoms with Gasteiger partial charge in [-0.2, -0.15) is 5.10 Å². The molecule has 1 aromatic carbocycles. The first-order valence-electron chi connectivity index (χ1n) is 5.50. The number of benzene rings is 1. The average molecular weight is 243 g/mol. The van der Waals surface area contributed by atoms with Crippen LogP contribution in [0.5, 0.6) is 0 Å². The minimum absolute atomic E-state index is 0.191. The van der Waals surface area contributed by atoms with Gasteiger partial charge in [-0.1, -0.05) is 24.3 Å². The Kier molecular flexibility index (Phi) is 3.93. The molecule has 0 saturated heterocycles. The zero-order valence-electron chi connectivity index (χ0n) is 9.71. The molecule has 6 heteroatoms. The third-order valence-corrected chi connectivity index (χ3v) is 2.42. The van der Waals surface area contributed by atoms with Gasteiger partial charge in [0.25, 0.3) is 0 Å². The maximum absolute atomic E-state index is 11.8. The van der Waals surface area contributed by atoms with Crippen molar-refractivity contribution in [1.82, 2.24) is 15.2 Å². The highest BCUT2D eigenvalue weighted by atomic mass is 16.1. The molecule has 0 saturated carbocycles. The van der Waals surface area contributed by atoms with Gasteiger partial charge in [-0.3, -0.25) is 10.1 Å². The second-order valence-corrected chi connectivity index (χ2v) is 3.66. The fourth-order valence-electron chi connectivity index (χ4n) is 1.58. The van der Waals surface area contributed by atoms with Crippen LogP contribution in [-0.4, -0.2) is 21.1 Å². The highest BCUT2D eigenvalue weighted by Crippen LogP contribution is 2.09. The van der Waals surface area contributed by atoms with Crippen molar-refractivity contribution in [2.75, 3.05) is 5.32 Å². The molecule has 0 radical (unpaired) electrons. The van der Waals surface area contributed by atoms with Gasteiger partial charge in [-0.25, -0.2) is 4.98 Å². The van der Waals surface area contributed by atoms with Crippen LogP contribution < -0.4 is 11.1 Å². The smallest absolute Gasteiger partial charge is 0.249 e. The fraction of sp³-hybridized carbons (Fsp3) is 0.167. The Balaban J connectivity index is 2.03. The van der Waals surface area contributed by atoms with Crippen molar-refractivity contribution in [3.05, 3.63) is 47.8 Å². The Morgan fingerprint density at radius 1 is 1.22 bits per heavy atom. The van der Waals surface area contributed by atoms with Crippen molar-refractivity contribution in [2.24, 2.45) is 5.73 Å². The Labute approximate surface area is 104 Å². The summed E-state index contributed by atoms with van der Waals surface area (Å²) >= 11 is 0. The molecule has 1 aromatic heterocycles. The van der Waals surface area contributed by atoms with E-state index in [1.54, 1.807) is 0 Å². The molecular formula is C12H13N5O. The number of carbonyl (C=O) groups is 1. The number of amides is 1. The standard InChI is InChI=1S/C12H13N5O/c13-8-10-4-2-1-3-9(10)7-11(18)16-12-14-5-6-15-17-12/h1-6H,7-8,13H2,(H,14,16,17,18). The zero-order valence-corrected chi connectivity index (χ0v) is 9.71. The van der Waals surface area contributed by atoms with E-state index < -0.39 is 0 Å². The lowest BCUT2D eigenvalue weighted by atomic mass is 10.0. The third-order valence-electron chi connectivity index (χ3n) is 2.42. The molecule has 1 heterocycles. The monoisotopic (exact) mass is 243 g/mol. The molecule has 0 spiro atoms. The van der Waals surface area contributed by atoms with E-state index in [1.165, 1.54) is 12.4 Å². The van der Waals surface area contributed by atoms with Gasteiger partial charge in [0, 0.05) is 6.54 Å². The molecule has 0 aliphatic carbocycles. The summed E-state index contributed by atoms with van der Waals surface area (Å²) in [5.41, 5.74) is 7.47. The highest BCUT2D eigenvalue weighted by molar-refractivity contribution is 5.90. The van der Waals surface area contributed by atoms with Crippen LogP contribution in [0.4, 0.5) is 5.95 Å². The second kappa shape index (κ2) is 5.83. The summed E-state index contributed by atoms with van der Waals surface area (Å²) in [6, 6.07) is 7.56. The number of nitrogens with zero attached hydrogens (tertiary/aromatic N) is 3. The predicted octanol–water partition coefficient (Wildman–Crippen LogP) is 0.511. The van der Waals surface area contributed by atoms with E-state index in [9.17, 15) is 4.79 Å². The summed E-state index contributed by atoms with van der Waals surface area (Å²) in [6.07, 6.45) is 3.15. The van der Waals surface area contributed by atoms with Crippen molar-refractivity contribution in [3.8, 4) is 0 Å². The maximum Gasteiger partial charge on any atom is 0.249 e. The van der Waals surface area contributed by atoms with Crippen LogP contribution in [0.25, 0.3) is 0 Å². The number of nitrogens with two attached hydrogens (primary N) is 1. The topological polar surface area (TPSA) is 93.8 Å². The van der Waals surface area contributed by atoms with Crippen molar-refractivity contribution >= 4 is 11.9 Å². The van der Waals surface area contributed by atoms with Gasteiger partial charge in [-0.05, 0) is 11.1 Å². The van der Waals surface area contributed by atoms with Gasteiger partial charge < -0.3 is 5.73 Å². The largest absolute Gasteiger partial charge is 0.326 e. The van der Waals surface area contributed by atoms with E-state index >= 15 is 0 Å². The number of aromatic nitrogens is 3. The molecule has 2 rings (SSSR count). The van der Waals surface area contributed by atoms with Crippen molar-refractivity contribution < 1.29 is 4.79 Å². The number of hydrogen-bond acceptors (Lipinski definition) is 5. The fourth-order valence-corrected chi connectivity index (χ4v) is 1.58. The van der Waals surface area contributed by atoms with Crippen molar-refractivity contribution in [3.63, 3.8) is 0 Å². The maximum atomic E-state index is 11.8. The quantitative estimate of drug-likeness (QED) is 0.816. The molecule has 6 nitrogen and oxygen atoms in total. The van der Waals surface area contributed by atoms with E-state index in [2.05, 4.69) is 20.5 Å². The Hall–Kier alpha value is -2.34. The molecule has 0 atom stereocenters. The number of rotatable bonds is 4.